The van der Waals surface area contributed by atoms with Crippen LogP contribution in [0.15, 0.2) is 24.4 Å². The summed E-state index contributed by atoms with van der Waals surface area (Å²) in [4.78, 5) is 16.9. The molecule has 1 aromatic rings. The highest BCUT2D eigenvalue weighted by Gasteiger charge is 2.22. The van der Waals surface area contributed by atoms with E-state index in [-0.39, 0.29) is 12.1 Å². The Kier molecular flexibility index (Phi) is 4.09. The second-order valence-corrected chi connectivity index (χ2v) is 3.28. The summed E-state index contributed by atoms with van der Waals surface area (Å²) >= 11 is 0. The van der Waals surface area contributed by atoms with Gasteiger partial charge >= 0.3 is 11.7 Å². The van der Waals surface area contributed by atoms with E-state index in [2.05, 4.69) is 0 Å². The Morgan fingerprint density at radius 3 is 2.80 bits per heavy atom. The molecule has 0 saturated heterocycles. The van der Waals surface area contributed by atoms with E-state index in [1.54, 1.807) is 24.4 Å². The molecule has 0 unspecified atom stereocenters. The molecular formula is C11H16NO3+. The van der Waals surface area contributed by atoms with E-state index in [0.29, 0.717) is 12.3 Å². The molecule has 82 valence electrons. The van der Waals surface area contributed by atoms with Crippen LogP contribution in [0.2, 0.25) is 0 Å². The van der Waals surface area contributed by atoms with E-state index in [4.69, 9.17) is 9.57 Å². The molecule has 4 heteroatoms. The number of rotatable bonds is 4. The summed E-state index contributed by atoms with van der Waals surface area (Å²) in [5, 5.41) is 0. The first kappa shape index (κ1) is 11.5. The Morgan fingerprint density at radius 2 is 2.20 bits per heavy atom. The van der Waals surface area contributed by atoms with Gasteiger partial charge in [0.25, 0.3) is 0 Å². The van der Waals surface area contributed by atoms with Crippen LogP contribution in [0.1, 0.15) is 31.3 Å². The molecule has 1 rings (SSSR count). The second-order valence-electron chi connectivity index (χ2n) is 3.28. The number of carbonyl (C=O) groups is 1. The van der Waals surface area contributed by atoms with Gasteiger partial charge in [0.05, 0.1) is 6.10 Å². The van der Waals surface area contributed by atoms with Crippen LogP contribution in [-0.2, 0) is 4.74 Å². The summed E-state index contributed by atoms with van der Waals surface area (Å²) in [6.07, 6.45) is 1.55. The number of nitrogens with zero attached hydrogens (tertiary/aromatic N) is 1. The lowest BCUT2D eigenvalue weighted by atomic mass is 10.3. The van der Waals surface area contributed by atoms with Crippen molar-refractivity contribution in [2.75, 3.05) is 6.61 Å². The zero-order chi connectivity index (χ0) is 11.3. The minimum Gasteiger partial charge on any atom is -0.455 e. The van der Waals surface area contributed by atoms with Crippen molar-refractivity contribution in [2.24, 2.45) is 0 Å². The molecule has 0 atom stereocenters. The topological polar surface area (TPSA) is 39.4 Å². The Balaban J connectivity index is 2.87. The standard InChI is InChI=1S/C11H16NO3/c1-4-14-12-8-6-5-7-10(12)11(13)15-9(2)3/h5-9H,4H2,1-3H3/q+1. The fraction of sp³-hybridized carbons (Fsp3) is 0.455. The van der Waals surface area contributed by atoms with Gasteiger partial charge in [-0.25, -0.2) is 4.79 Å². The molecule has 0 aliphatic carbocycles. The van der Waals surface area contributed by atoms with Gasteiger partial charge in [0.2, 0.25) is 6.20 Å². The summed E-state index contributed by atoms with van der Waals surface area (Å²) in [6.45, 7) is 5.98. The maximum absolute atomic E-state index is 11.6. The monoisotopic (exact) mass is 210 g/mol. The Labute approximate surface area is 89.4 Å². The third-order valence-corrected chi connectivity index (χ3v) is 1.64. The van der Waals surface area contributed by atoms with Crippen molar-refractivity contribution < 1.29 is 19.1 Å². The van der Waals surface area contributed by atoms with Crippen LogP contribution in [-0.4, -0.2) is 18.7 Å². The Morgan fingerprint density at radius 1 is 1.47 bits per heavy atom. The number of pyridine rings is 1. The van der Waals surface area contributed by atoms with E-state index in [1.807, 2.05) is 20.8 Å². The quantitative estimate of drug-likeness (QED) is 0.549. The SMILES string of the molecule is CCO[n+]1ccccc1C(=O)OC(C)C. The van der Waals surface area contributed by atoms with Crippen LogP contribution in [0.3, 0.4) is 0 Å². The van der Waals surface area contributed by atoms with E-state index >= 15 is 0 Å². The van der Waals surface area contributed by atoms with E-state index in [9.17, 15) is 4.79 Å². The maximum Gasteiger partial charge on any atom is 0.408 e. The van der Waals surface area contributed by atoms with Gasteiger partial charge in [-0.2, -0.15) is 0 Å². The lowest BCUT2D eigenvalue weighted by molar-refractivity contribution is -0.892. The van der Waals surface area contributed by atoms with Crippen LogP contribution in [0.25, 0.3) is 0 Å². The smallest absolute Gasteiger partial charge is 0.408 e. The normalized spacial score (nSPS) is 10.1. The van der Waals surface area contributed by atoms with Crippen molar-refractivity contribution in [1.29, 1.82) is 0 Å². The molecule has 0 spiro atoms. The van der Waals surface area contributed by atoms with Crippen molar-refractivity contribution in [2.45, 2.75) is 26.9 Å². The highest BCUT2D eigenvalue weighted by molar-refractivity contribution is 5.85. The van der Waals surface area contributed by atoms with Gasteiger partial charge in [0.1, 0.15) is 0 Å². The average Bonchev–Trinajstić information content (AvgIpc) is 2.18. The predicted octanol–water partition coefficient (Wildman–Crippen LogP) is 0.988. The van der Waals surface area contributed by atoms with Crippen LogP contribution in [0.4, 0.5) is 0 Å². The molecule has 0 aliphatic heterocycles. The fourth-order valence-electron chi connectivity index (χ4n) is 1.11. The summed E-state index contributed by atoms with van der Waals surface area (Å²) in [5.41, 5.74) is 0.396. The predicted molar refractivity (Wildman–Crippen MR) is 54.3 cm³/mol. The zero-order valence-electron chi connectivity index (χ0n) is 9.27. The van der Waals surface area contributed by atoms with Crippen LogP contribution < -0.4 is 9.57 Å². The number of hydrogen-bond acceptors (Lipinski definition) is 3. The van der Waals surface area contributed by atoms with Crippen molar-refractivity contribution >= 4 is 5.97 Å². The summed E-state index contributed by atoms with van der Waals surface area (Å²) in [7, 11) is 0. The summed E-state index contributed by atoms with van der Waals surface area (Å²) < 4.78 is 6.50. The average molecular weight is 210 g/mol. The van der Waals surface area contributed by atoms with Gasteiger partial charge < -0.3 is 4.74 Å². The number of hydrogen-bond donors (Lipinski definition) is 0. The van der Waals surface area contributed by atoms with Crippen molar-refractivity contribution in [3.05, 3.63) is 30.1 Å². The number of aromatic nitrogens is 1. The third-order valence-electron chi connectivity index (χ3n) is 1.64. The van der Waals surface area contributed by atoms with Crippen LogP contribution in [0, 0.1) is 0 Å². The molecule has 0 amide bonds. The van der Waals surface area contributed by atoms with Crippen LogP contribution >= 0.6 is 0 Å². The Bertz CT molecular complexity index is 336. The lowest BCUT2D eigenvalue weighted by Crippen LogP contribution is -2.48. The first-order chi connectivity index (χ1) is 7.15. The number of carbonyl (C=O) groups excluding carboxylic acids is 1. The molecule has 0 N–H and O–H groups in total. The van der Waals surface area contributed by atoms with Gasteiger partial charge in [0, 0.05) is 16.9 Å². The first-order valence-corrected chi connectivity index (χ1v) is 5.00. The Hall–Kier alpha value is -1.58. The molecular weight excluding hydrogens is 194 g/mol. The molecule has 15 heavy (non-hydrogen) atoms. The van der Waals surface area contributed by atoms with Crippen molar-refractivity contribution in [1.82, 2.24) is 0 Å². The lowest BCUT2D eigenvalue weighted by Gasteiger charge is -2.05. The molecule has 0 aromatic carbocycles. The van der Waals surface area contributed by atoms with E-state index in [0.717, 1.165) is 0 Å². The third kappa shape index (κ3) is 3.23. The molecule has 1 heterocycles. The fourth-order valence-corrected chi connectivity index (χ4v) is 1.11. The first-order valence-electron chi connectivity index (χ1n) is 5.00. The highest BCUT2D eigenvalue weighted by Crippen LogP contribution is 1.98. The van der Waals surface area contributed by atoms with E-state index in [1.165, 1.54) is 4.73 Å². The number of ether oxygens (including phenoxy) is 1. The highest BCUT2D eigenvalue weighted by atomic mass is 16.7. The van der Waals surface area contributed by atoms with E-state index < -0.39 is 0 Å². The summed E-state index contributed by atoms with van der Waals surface area (Å²) in [6, 6.07) is 5.23. The van der Waals surface area contributed by atoms with Crippen molar-refractivity contribution in [3.8, 4) is 0 Å². The van der Waals surface area contributed by atoms with Gasteiger partial charge in [-0.1, -0.05) is 0 Å². The minimum atomic E-state index is -0.376. The maximum atomic E-state index is 11.6. The van der Waals surface area contributed by atoms with Gasteiger partial charge in [-0.05, 0) is 26.8 Å². The molecule has 0 radical (unpaired) electrons. The van der Waals surface area contributed by atoms with Crippen molar-refractivity contribution in [3.63, 3.8) is 0 Å². The molecule has 0 aliphatic rings. The number of esters is 1. The van der Waals surface area contributed by atoms with Gasteiger partial charge in [-0.3, -0.25) is 4.84 Å². The molecule has 0 bridgehead atoms. The zero-order valence-corrected chi connectivity index (χ0v) is 9.27. The summed E-state index contributed by atoms with van der Waals surface area (Å²) in [5.74, 6) is -0.376. The molecule has 4 nitrogen and oxygen atoms in total. The largest absolute Gasteiger partial charge is 0.455 e. The van der Waals surface area contributed by atoms with Crippen LogP contribution in [0.5, 0.6) is 0 Å². The molecule has 0 saturated carbocycles. The van der Waals surface area contributed by atoms with Gasteiger partial charge in [0.15, 0.2) is 6.61 Å². The second kappa shape index (κ2) is 5.34. The minimum absolute atomic E-state index is 0.132. The molecule has 1 aromatic heterocycles. The molecule has 0 fully saturated rings. The van der Waals surface area contributed by atoms with Gasteiger partial charge in [-0.15, -0.1) is 0 Å².